The van der Waals surface area contributed by atoms with Crippen LogP contribution in [0.2, 0.25) is 0 Å². The molecule has 0 radical (unpaired) electrons. The van der Waals surface area contributed by atoms with Gasteiger partial charge >= 0.3 is 5.97 Å². The van der Waals surface area contributed by atoms with Gasteiger partial charge in [-0.25, -0.2) is 0 Å². The van der Waals surface area contributed by atoms with E-state index in [0.29, 0.717) is 0 Å². The molecule has 0 fully saturated rings. The molecule has 4 heteroatoms. The van der Waals surface area contributed by atoms with Crippen molar-refractivity contribution >= 4 is 0 Å². The zero-order valence-corrected chi connectivity index (χ0v) is 7.13. The van der Waals surface area contributed by atoms with E-state index in [9.17, 15) is 0 Å². The van der Waals surface area contributed by atoms with E-state index in [1.165, 1.54) is 28.4 Å². The van der Waals surface area contributed by atoms with Gasteiger partial charge in [0, 0.05) is 27.2 Å². The molecule has 0 aromatic carbocycles. The Morgan fingerprint density at radius 2 is 1.36 bits per heavy atom. The Morgan fingerprint density at radius 1 is 0.909 bits per heavy atom. The van der Waals surface area contributed by atoms with E-state index in [1.807, 2.05) is 0 Å². The summed E-state index contributed by atoms with van der Waals surface area (Å²) in [5, 5.41) is 0. The van der Waals surface area contributed by atoms with Crippen molar-refractivity contribution in [1.82, 2.24) is 0 Å². The second kappa shape index (κ2) is 4.97. The van der Waals surface area contributed by atoms with Gasteiger partial charge in [-0.3, -0.25) is 0 Å². The van der Waals surface area contributed by atoms with Crippen LogP contribution in [0.3, 0.4) is 0 Å². The van der Waals surface area contributed by atoms with Gasteiger partial charge in [-0.2, -0.15) is 0 Å². The topological polar surface area (TPSA) is 36.9 Å². The molecule has 0 unspecified atom stereocenters. The molecular formula is C7H12O4. The van der Waals surface area contributed by atoms with Crippen molar-refractivity contribution in [1.29, 1.82) is 0 Å². The third-order valence-corrected chi connectivity index (χ3v) is 1.11. The second-order valence-electron chi connectivity index (χ2n) is 1.60. The summed E-state index contributed by atoms with van der Waals surface area (Å²) in [6, 6.07) is 0. The van der Waals surface area contributed by atoms with Gasteiger partial charge in [0.1, 0.15) is 6.11 Å². The minimum absolute atomic E-state index is 1.31. The van der Waals surface area contributed by atoms with E-state index in [4.69, 9.17) is 14.2 Å². The average Bonchev–Trinajstić information content (AvgIpc) is 2.08. The fourth-order valence-corrected chi connectivity index (χ4v) is 0.517. The molecule has 0 amide bonds. The van der Waals surface area contributed by atoms with Crippen molar-refractivity contribution in [2.45, 2.75) is 5.97 Å². The molecule has 0 saturated carbocycles. The van der Waals surface area contributed by atoms with E-state index < -0.39 is 5.97 Å². The maximum Gasteiger partial charge on any atom is 0.355 e. The van der Waals surface area contributed by atoms with Crippen LogP contribution in [-0.2, 0) is 18.9 Å². The van der Waals surface area contributed by atoms with Crippen molar-refractivity contribution in [2.75, 3.05) is 28.4 Å². The van der Waals surface area contributed by atoms with Crippen molar-refractivity contribution in [3.05, 3.63) is 0 Å². The molecule has 0 aromatic rings. The molecule has 0 heterocycles. The first-order chi connectivity index (χ1) is 5.24. The SMILES string of the molecule is COC#CC(OC)(OC)OC. The number of hydrogen-bond donors (Lipinski definition) is 0. The minimum atomic E-state index is -1.31. The monoisotopic (exact) mass is 160 g/mol. The van der Waals surface area contributed by atoms with Crippen LogP contribution in [0.1, 0.15) is 0 Å². The van der Waals surface area contributed by atoms with Gasteiger partial charge in [0.05, 0.1) is 7.11 Å². The molecule has 0 aliphatic rings. The summed E-state index contributed by atoms with van der Waals surface area (Å²) in [5.74, 6) is 1.18. The maximum absolute atomic E-state index is 4.84. The van der Waals surface area contributed by atoms with Gasteiger partial charge in [0.2, 0.25) is 0 Å². The number of ether oxygens (including phenoxy) is 4. The van der Waals surface area contributed by atoms with Crippen molar-refractivity contribution < 1.29 is 18.9 Å². The summed E-state index contributed by atoms with van der Waals surface area (Å²) in [6.07, 6.45) is 2.32. The van der Waals surface area contributed by atoms with Crippen molar-refractivity contribution in [3.63, 3.8) is 0 Å². The highest BCUT2D eigenvalue weighted by Crippen LogP contribution is 2.09. The normalized spacial score (nSPS) is 10.2. The Hall–Kier alpha value is -0.760. The van der Waals surface area contributed by atoms with Crippen LogP contribution in [0, 0.1) is 12.0 Å². The third kappa shape index (κ3) is 2.76. The first-order valence-corrected chi connectivity index (χ1v) is 2.95. The maximum atomic E-state index is 4.84. The third-order valence-electron chi connectivity index (χ3n) is 1.11. The summed E-state index contributed by atoms with van der Waals surface area (Å²) >= 11 is 0. The molecule has 0 rings (SSSR count). The smallest absolute Gasteiger partial charge is 0.355 e. The Kier molecular flexibility index (Phi) is 4.62. The van der Waals surface area contributed by atoms with E-state index >= 15 is 0 Å². The lowest BCUT2D eigenvalue weighted by Gasteiger charge is -2.21. The standard InChI is InChI=1S/C7H12O4/c1-8-6-5-7(9-2,10-3)11-4/h1-4H3. The zero-order valence-electron chi connectivity index (χ0n) is 7.13. The van der Waals surface area contributed by atoms with Crippen LogP contribution in [0.25, 0.3) is 0 Å². The van der Waals surface area contributed by atoms with Gasteiger partial charge < -0.3 is 18.9 Å². The summed E-state index contributed by atoms with van der Waals surface area (Å²) in [7, 11) is 5.73. The Morgan fingerprint density at radius 3 is 1.64 bits per heavy atom. The van der Waals surface area contributed by atoms with Gasteiger partial charge in [-0.05, 0) is 0 Å². The molecule has 11 heavy (non-hydrogen) atoms. The molecule has 64 valence electrons. The molecule has 0 spiro atoms. The van der Waals surface area contributed by atoms with Crippen molar-refractivity contribution in [2.24, 2.45) is 0 Å². The van der Waals surface area contributed by atoms with E-state index in [0.717, 1.165) is 0 Å². The van der Waals surface area contributed by atoms with Crippen LogP contribution in [0.15, 0.2) is 0 Å². The van der Waals surface area contributed by atoms with E-state index in [2.05, 4.69) is 16.8 Å². The lowest BCUT2D eigenvalue weighted by molar-refractivity contribution is -0.311. The van der Waals surface area contributed by atoms with Gasteiger partial charge in [-0.1, -0.05) is 0 Å². The Balaban J connectivity index is 4.28. The lowest BCUT2D eigenvalue weighted by Crippen LogP contribution is -2.34. The fourth-order valence-electron chi connectivity index (χ4n) is 0.517. The number of rotatable bonds is 3. The molecule has 0 N–H and O–H groups in total. The lowest BCUT2D eigenvalue weighted by atomic mass is 10.5. The summed E-state index contributed by atoms with van der Waals surface area (Å²) in [4.78, 5) is 0. The quantitative estimate of drug-likeness (QED) is 0.436. The molecule has 0 aromatic heterocycles. The van der Waals surface area contributed by atoms with Crippen LogP contribution in [0.5, 0.6) is 0 Å². The van der Waals surface area contributed by atoms with Crippen LogP contribution in [-0.4, -0.2) is 34.4 Å². The highest BCUT2D eigenvalue weighted by Gasteiger charge is 2.26. The van der Waals surface area contributed by atoms with E-state index in [1.54, 1.807) is 0 Å². The summed E-state index contributed by atoms with van der Waals surface area (Å²) < 4.78 is 19.0. The fraction of sp³-hybridized carbons (Fsp3) is 0.714. The minimum Gasteiger partial charge on any atom is -0.450 e. The van der Waals surface area contributed by atoms with Crippen LogP contribution in [0.4, 0.5) is 0 Å². The predicted molar refractivity (Wildman–Crippen MR) is 38.5 cm³/mol. The Bertz CT molecular complexity index is 143. The molecule has 0 bridgehead atoms. The van der Waals surface area contributed by atoms with Gasteiger partial charge in [-0.15, -0.1) is 0 Å². The Labute approximate surface area is 66.4 Å². The van der Waals surface area contributed by atoms with Gasteiger partial charge in [0.15, 0.2) is 0 Å². The first-order valence-electron chi connectivity index (χ1n) is 2.95. The molecule has 0 aliphatic carbocycles. The molecule has 0 aliphatic heterocycles. The average molecular weight is 160 g/mol. The highest BCUT2D eigenvalue weighted by atomic mass is 16.9. The largest absolute Gasteiger partial charge is 0.450 e. The highest BCUT2D eigenvalue weighted by molar-refractivity contribution is 5.01. The second-order valence-corrected chi connectivity index (χ2v) is 1.60. The molecule has 0 atom stereocenters. The molecular weight excluding hydrogens is 148 g/mol. The molecule has 0 saturated heterocycles. The first kappa shape index (κ1) is 10.2. The molecule has 4 nitrogen and oxygen atoms in total. The van der Waals surface area contributed by atoms with E-state index in [-0.39, 0.29) is 0 Å². The summed E-state index contributed by atoms with van der Waals surface area (Å²) in [5.41, 5.74) is 0. The predicted octanol–water partition coefficient (Wildman–Crippen LogP) is 0.187. The van der Waals surface area contributed by atoms with Crippen LogP contribution < -0.4 is 0 Å². The number of hydrogen-bond acceptors (Lipinski definition) is 4. The number of methoxy groups -OCH3 is 4. The summed E-state index contributed by atoms with van der Waals surface area (Å²) in [6.45, 7) is 0. The van der Waals surface area contributed by atoms with Crippen molar-refractivity contribution in [3.8, 4) is 12.0 Å². The van der Waals surface area contributed by atoms with Gasteiger partial charge in [0.25, 0.3) is 0 Å². The zero-order chi connectivity index (χ0) is 8.74. The van der Waals surface area contributed by atoms with Crippen LogP contribution >= 0.6 is 0 Å².